The van der Waals surface area contributed by atoms with Crippen molar-refractivity contribution >= 4 is 55.0 Å². The van der Waals surface area contributed by atoms with E-state index in [-0.39, 0.29) is 41.5 Å². The van der Waals surface area contributed by atoms with Crippen LogP contribution in [0.4, 0.5) is 5.69 Å². The average molecular weight is 750 g/mol. The Morgan fingerprint density at radius 3 is 2.38 bits per heavy atom. The highest BCUT2D eigenvalue weighted by Crippen LogP contribution is 2.35. The number of hydrogen-bond acceptors (Lipinski definition) is 11. The number of nitrogens with zero attached hydrogens (tertiary/aromatic N) is 2. The van der Waals surface area contributed by atoms with E-state index in [4.69, 9.17) is 21.5 Å². The van der Waals surface area contributed by atoms with Gasteiger partial charge in [0.25, 0.3) is 0 Å². The number of anilines is 1. The van der Waals surface area contributed by atoms with E-state index in [1.807, 2.05) is 30.3 Å². The molecule has 0 spiro atoms. The molecule has 1 amide bonds. The fraction of sp³-hybridized carbons (Fsp3) is 0.344. The number of aryl methyl sites for hydroxylation is 1. The number of nitrogens with one attached hydrogen (secondary N) is 2. The zero-order valence-corrected chi connectivity index (χ0v) is 29.1. The van der Waals surface area contributed by atoms with Crippen molar-refractivity contribution in [2.75, 3.05) is 17.8 Å². The van der Waals surface area contributed by atoms with Crippen LogP contribution in [0.3, 0.4) is 0 Å². The second kappa shape index (κ2) is 14.9. The first kappa shape index (κ1) is 37.0. The van der Waals surface area contributed by atoms with Crippen LogP contribution in [-0.4, -0.2) is 91.5 Å². The number of fused-ring (bicyclic) bond motifs is 1. The number of likely N-dealkylation sites (tertiary alicyclic amines) is 1. The monoisotopic (exact) mass is 749 g/mol. The fourth-order valence-electron chi connectivity index (χ4n) is 5.96. The molecule has 3 aromatic carbocycles. The molecule has 1 fully saturated rings. The van der Waals surface area contributed by atoms with E-state index in [9.17, 15) is 41.4 Å². The molecule has 50 heavy (non-hydrogen) atoms. The number of nitrogens with two attached hydrogens (primary N) is 1. The van der Waals surface area contributed by atoms with Crippen molar-refractivity contribution < 1.29 is 46.2 Å². The molecule has 1 saturated heterocycles. The van der Waals surface area contributed by atoms with Crippen LogP contribution in [0, 0.1) is 0 Å². The van der Waals surface area contributed by atoms with Gasteiger partial charge in [-0.3, -0.25) is 14.9 Å². The quantitative estimate of drug-likeness (QED) is 0.169. The lowest BCUT2D eigenvalue weighted by molar-refractivity contribution is -0.149. The number of carbonyl (C=O) groups excluding carboxylic acids is 1. The number of sulfone groups is 1. The molecule has 0 aliphatic carbocycles. The van der Waals surface area contributed by atoms with Crippen molar-refractivity contribution in [1.29, 1.82) is 0 Å². The summed E-state index contributed by atoms with van der Waals surface area (Å²) in [6, 6.07) is 14.9. The van der Waals surface area contributed by atoms with E-state index in [0.717, 1.165) is 11.6 Å². The number of amides is 1. The van der Waals surface area contributed by atoms with Crippen molar-refractivity contribution in [2.24, 2.45) is 5.14 Å². The van der Waals surface area contributed by atoms with Crippen LogP contribution in [0.1, 0.15) is 30.9 Å². The molecule has 0 radical (unpaired) electrons. The van der Waals surface area contributed by atoms with Gasteiger partial charge in [0.1, 0.15) is 34.7 Å². The van der Waals surface area contributed by atoms with Crippen molar-refractivity contribution in [3.63, 3.8) is 0 Å². The third kappa shape index (κ3) is 8.72. The summed E-state index contributed by atoms with van der Waals surface area (Å²) in [5.74, 6) is -2.97. The number of primary sulfonamides is 1. The van der Waals surface area contributed by atoms with E-state index in [0.29, 0.717) is 17.7 Å². The number of sulfonamides is 1. The maximum atomic E-state index is 13.4. The lowest BCUT2D eigenvalue weighted by atomic mass is 10.0. The molecule has 0 saturated carbocycles. The first-order valence-corrected chi connectivity index (χ1v) is 19.0. The number of carboxylic acids is 2. The minimum atomic E-state index is -4.25. The topological polar surface area (TPSA) is 226 Å². The molecule has 0 aromatic heterocycles. The molecule has 15 nitrogen and oxygen atoms in total. The molecule has 268 valence electrons. The Morgan fingerprint density at radius 2 is 1.76 bits per heavy atom. The fourth-order valence-corrected chi connectivity index (χ4v) is 8.58. The highest BCUT2D eigenvalue weighted by atomic mass is 35.5. The third-order valence-corrected chi connectivity index (χ3v) is 11.4. The third-order valence-electron chi connectivity index (χ3n) is 8.39. The lowest BCUT2D eigenvalue weighted by Crippen LogP contribution is -2.53. The number of benzene rings is 3. The van der Waals surface area contributed by atoms with Crippen LogP contribution in [0.5, 0.6) is 5.75 Å². The SMILES string of the molecule is C[C@H](N[C@@H](CCc1ccccc1)C(=O)O)C(=O)N1C[C@@H](Oc2ccc(CN3CS(=O)(=O)c4cc(S(N)(=O)=O)c(Cl)cc4N3)cc2)C[C@H]1C(=O)O. The molecule has 3 aromatic rings. The first-order valence-electron chi connectivity index (χ1n) is 15.4. The number of aliphatic carboxylic acids is 2. The molecule has 6 N–H and O–H groups in total. The molecule has 2 heterocycles. The smallest absolute Gasteiger partial charge is 0.326 e. The molecule has 0 unspecified atom stereocenters. The zero-order chi connectivity index (χ0) is 36.4. The van der Waals surface area contributed by atoms with Gasteiger partial charge < -0.3 is 25.3 Å². The highest BCUT2D eigenvalue weighted by Gasteiger charge is 2.42. The number of carboxylic acid groups (broad SMARTS) is 2. The minimum absolute atomic E-state index is 0.0105. The van der Waals surface area contributed by atoms with Gasteiger partial charge in [0.15, 0.2) is 9.84 Å². The Balaban J connectivity index is 1.19. The largest absolute Gasteiger partial charge is 0.488 e. The highest BCUT2D eigenvalue weighted by molar-refractivity contribution is 7.91. The number of carbonyl (C=O) groups is 3. The lowest BCUT2D eigenvalue weighted by Gasteiger charge is -2.30. The molecular formula is C32H36ClN5O10S2. The molecular weight excluding hydrogens is 714 g/mol. The molecule has 2 aliphatic heterocycles. The van der Waals surface area contributed by atoms with Crippen LogP contribution in [0.15, 0.2) is 76.5 Å². The molecule has 4 atom stereocenters. The summed E-state index contributed by atoms with van der Waals surface area (Å²) < 4.78 is 55.6. The van der Waals surface area contributed by atoms with E-state index >= 15 is 0 Å². The first-order chi connectivity index (χ1) is 23.5. The van der Waals surface area contributed by atoms with Crippen LogP contribution in [0.2, 0.25) is 5.02 Å². The van der Waals surface area contributed by atoms with Gasteiger partial charge in [-0.1, -0.05) is 54.1 Å². The van der Waals surface area contributed by atoms with Crippen molar-refractivity contribution in [3.8, 4) is 5.75 Å². The Kier molecular flexibility index (Phi) is 11.0. The van der Waals surface area contributed by atoms with Gasteiger partial charge in [0, 0.05) is 13.0 Å². The van der Waals surface area contributed by atoms with Crippen LogP contribution in [-0.2, 0) is 47.2 Å². The van der Waals surface area contributed by atoms with E-state index < -0.39 is 72.7 Å². The van der Waals surface area contributed by atoms with Gasteiger partial charge in [0.05, 0.1) is 28.2 Å². The van der Waals surface area contributed by atoms with Crippen molar-refractivity contribution in [2.45, 2.75) is 66.8 Å². The Hall–Kier alpha value is -4.26. The predicted octanol–water partition coefficient (Wildman–Crippen LogP) is 2.06. The van der Waals surface area contributed by atoms with Gasteiger partial charge in [-0.05, 0) is 55.2 Å². The van der Waals surface area contributed by atoms with Gasteiger partial charge in [-0.15, -0.1) is 0 Å². The summed E-state index contributed by atoms with van der Waals surface area (Å²) in [7, 11) is -8.19. The van der Waals surface area contributed by atoms with E-state index in [1.165, 1.54) is 22.9 Å². The number of ether oxygens (including phenoxy) is 1. The van der Waals surface area contributed by atoms with Crippen molar-refractivity contribution in [3.05, 3.63) is 82.9 Å². The summed E-state index contributed by atoms with van der Waals surface area (Å²) in [5.41, 5.74) is 4.67. The molecule has 0 bridgehead atoms. The predicted molar refractivity (Wildman–Crippen MR) is 181 cm³/mol. The summed E-state index contributed by atoms with van der Waals surface area (Å²) in [4.78, 5) is 37.9. The molecule has 18 heteroatoms. The number of rotatable bonds is 13. The van der Waals surface area contributed by atoms with Gasteiger partial charge in [-0.25, -0.2) is 31.8 Å². The van der Waals surface area contributed by atoms with E-state index in [1.54, 1.807) is 24.3 Å². The maximum absolute atomic E-state index is 13.4. The Labute approximate surface area is 293 Å². The van der Waals surface area contributed by atoms with Gasteiger partial charge >= 0.3 is 11.9 Å². The molecule has 2 aliphatic rings. The number of hydrazine groups is 1. The summed E-state index contributed by atoms with van der Waals surface area (Å²) >= 11 is 6.06. The summed E-state index contributed by atoms with van der Waals surface area (Å²) in [5, 5.41) is 28.8. The van der Waals surface area contributed by atoms with Gasteiger partial charge in [0.2, 0.25) is 15.9 Å². The second-order valence-electron chi connectivity index (χ2n) is 12.1. The average Bonchev–Trinajstić information content (AvgIpc) is 3.46. The Morgan fingerprint density at radius 1 is 1.08 bits per heavy atom. The van der Waals surface area contributed by atoms with Crippen LogP contribution in [0.25, 0.3) is 0 Å². The number of halogens is 1. The standard InChI is InChI=1S/C32H36ClN5O10S2/c1-19(35-25(31(40)41)12-9-20-5-3-2-4-6-20)30(39)38-17-23(13-27(38)32(42)43)48-22-10-7-21(8-11-22)16-37-18-49(44,45)29-15-28(50(34,46)47)24(33)14-26(29)36-37/h2-8,10-11,14-15,19,23,25,27,35-36H,9,12-13,16-18H2,1H3,(H,40,41)(H,42,43)(H2,34,46,47)/t19-,23-,25-,27-/m0/s1. The second-order valence-corrected chi connectivity index (χ2v) is 16.0. The maximum Gasteiger partial charge on any atom is 0.326 e. The summed E-state index contributed by atoms with van der Waals surface area (Å²) in [6.07, 6.45) is 0.0528. The zero-order valence-electron chi connectivity index (χ0n) is 26.7. The van der Waals surface area contributed by atoms with Gasteiger partial charge in [-0.2, -0.15) is 0 Å². The molecule has 5 rings (SSSR count). The Bertz CT molecular complexity index is 1980. The van der Waals surface area contributed by atoms with Crippen LogP contribution >= 0.6 is 11.6 Å². The number of hydrogen-bond donors (Lipinski definition) is 5. The van der Waals surface area contributed by atoms with E-state index in [2.05, 4.69) is 10.7 Å². The summed E-state index contributed by atoms with van der Waals surface area (Å²) in [6.45, 7) is 1.59. The minimum Gasteiger partial charge on any atom is -0.488 e. The van der Waals surface area contributed by atoms with Crippen LogP contribution < -0.4 is 20.6 Å². The van der Waals surface area contributed by atoms with Crippen molar-refractivity contribution in [1.82, 2.24) is 15.2 Å². The normalized spacial score (nSPS) is 19.9.